The molecule has 1 amide bonds. The smallest absolute Gasteiger partial charge is 0.410 e. The molecule has 1 aliphatic carbocycles. The number of nitrogens with one attached hydrogen (secondary N) is 2. The molecule has 0 unspecified atom stereocenters. The molecule has 3 N–H and O–H groups in total. The Morgan fingerprint density at radius 3 is 2.71 bits per heavy atom. The summed E-state index contributed by atoms with van der Waals surface area (Å²) >= 11 is 6.25. The maximum atomic E-state index is 11.0. The van der Waals surface area contributed by atoms with Crippen LogP contribution < -0.4 is 5.32 Å². The number of aryl methyl sites for hydroxylation is 1. The zero-order valence-corrected chi connectivity index (χ0v) is 18.4. The van der Waals surface area contributed by atoms with Gasteiger partial charge in [0.05, 0.1) is 16.7 Å². The molecule has 0 atom stereocenters. The number of amidine groups is 1. The first-order chi connectivity index (χ1) is 14.8. The Hall–Kier alpha value is -2.93. The molecule has 0 bridgehead atoms. The van der Waals surface area contributed by atoms with Crippen molar-refractivity contribution in [2.75, 3.05) is 0 Å². The van der Waals surface area contributed by atoms with Crippen LogP contribution >= 0.6 is 11.6 Å². The quantitative estimate of drug-likeness (QED) is 0.369. The van der Waals surface area contributed by atoms with E-state index >= 15 is 0 Å². The lowest BCUT2D eigenvalue weighted by atomic mass is 9.83. The van der Waals surface area contributed by atoms with Crippen LogP contribution in [0.1, 0.15) is 44.0 Å². The van der Waals surface area contributed by atoms with Crippen molar-refractivity contribution in [1.82, 2.24) is 19.9 Å². The van der Waals surface area contributed by atoms with Crippen LogP contribution in [0.5, 0.6) is 0 Å². The molecule has 0 aliphatic heterocycles. The van der Waals surface area contributed by atoms with Crippen molar-refractivity contribution in [2.24, 2.45) is 11.8 Å². The van der Waals surface area contributed by atoms with Crippen LogP contribution in [0.2, 0.25) is 5.02 Å². The Bertz CT molecular complexity index is 1150. The number of hydrogen-bond donors (Lipinski definition) is 3. The number of benzene rings is 1. The summed E-state index contributed by atoms with van der Waals surface area (Å²) in [6, 6.07) is 7.40. The highest BCUT2D eigenvalue weighted by molar-refractivity contribution is 6.30. The molecule has 1 aromatic carbocycles. The molecule has 162 valence electrons. The Morgan fingerprint density at radius 1 is 1.29 bits per heavy atom. The van der Waals surface area contributed by atoms with Gasteiger partial charge in [0.15, 0.2) is 11.7 Å². The van der Waals surface area contributed by atoms with Crippen molar-refractivity contribution in [3.63, 3.8) is 0 Å². The molecule has 7 nitrogen and oxygen atoms in total. The van der Waals surface area contributed by atoms with Crippen molar-refractivity contribution in [1.29, 1.82) is 5.41 Å². The summed E-state index contributed by atoms with van der Waals surface area (Å²) in [6.45, 7) is 5.19. The third-order valence-electron chi connectivity index (χ3n) is 6.04. The van der Waals surface area contributed by atoms with E-state index in [2.05, 4.69) is 33.0 Å². The fourth-order valence-corrected chi connectivity index (χ4v) is 4.60. The second-order valence-corrected chi connectivity index (χ2v) is 8.94. The molecule has 31 heavy (non-hydrogen) atoms. The zero-order chi connectivity index (χ0) is 22.1. The molecule has 3 aromatic rings. The van der Waals surface area contributed by atoms with Crippen LogP contribution in [-0.4, -0.2) is 31.6 Å². The van der Waals surface area contributed by atoms with E-state index in [0.717, 1.165) is 34.6 Å². The third-order valence-corrected chi connectivity index (χ3v) is 6.27. The Morgan fingerprint density at radius 2 is 2.03 bits per heavy atom. The topological polar surface area (TPSA) is 104 Å². The summed E-state index contributed by atoms with van der Waals surface area (Å²) in [7, 11) is 0. The van der Waals surface area contributed by atoms with Gasteiger partial charge in [-0.15, -0.1) is 0 Å². The maximum absolute atomic E-state index is 11.0. The fourth-order valence-electron chi connectivity index (χ4n) is 4.41. The van der Waals surface area contributed by atoms with Crippen molar-refractivity contribution in [3.8, 4) is 11.3 Å². The van der Waals surface area contributed by atoms with Gasteiger partial charge in [0.25, 0.3) is 0 Å². The molecule has 1 aliphatic rings. The highest BCUT2D eigenvalue weighted by Gasteiger charge is 2.23. The van der Waals surface area contributed by atoms with Crippen LogP contribution in [0.15, 0.2) is 30.5 Å². The molecule has 1 fully saturated rings. The molecule has 0 saturated heterocycles. The van der Waals surface area contributed by atoms with Gasteiger partial charge in [-0.3, -0.25) is 10.7 Å². The van der Waals surface area contributed by atoms with Gasteiger partial charge >= 0.3 is 6.09 Å². The van der Waals surface area contributed by atoms with E-state index in [1.807, 2.05) is 25.1 Å². The zero-order valence-electron chi connectivity index (χ0n) is 17.7. The third kappa shape index (κ3) is 4.56. The normalized spacial score (nSPS) is 18.8. The number of amides is 1. The molecule has 2 heterocycles. The predicted octanol–water partition coefficient (Wildman–Crippen LogP) is 5.48. The number of carboxylic acid groups (broad SMARTS) is 1. The van der Waals surface area contributed by atoms with E-state index in [1.165, 1.54) is 25.7 Å². The summed E-state index contributed by atoms with van der Waals surface area (Å²) in [5.41, 5.74) is 4.04. The second-order valence-electron chi connectivity index (χ2n) is 8.50. The molecular formula is C23H26ClN5O2. The average Bonchev–Trinajstić information content (AvgIpc) is 3.04. The highest BCUT2D eigenvalue weighted by Crippen LogP contribution is 2.34. The van der Waals surface area contributed by atoms with E-state index in [9.17, 15) is 4.79 Å². The average molecular weight is 440 g/mol. The lowest BCUT2D eigenvalue weighted by Gasteiger charge is -2.26. The first-order valence-electron chi connectivity index (χ1n) is 10.5. The largest absolute Gasteiger partial charge is 0.465 e. The van der Waals surface area contributed by atoms with Crippen LogP contribution in [0.25, 0.3) is 22.3 Å². The van der Waals surface area contributed by atoms with Crippen LogP contribution in [0.4, 0.5) is 4.79 Å². The van der Waals surface area contributed by atoms with Crippen LogP contribution in [0.3, 0.4) is 0 Å². The minimum Gasteiger partial charge on any atom is -0.465 e. The molecule has 0 spiro atoms. The van der Waals surface area contributed by atoms with Gasteiger partial charge in [0.2, 0.25) is 0 Å². The fraction of sp³-hybridized carbons (Fsp3) is 0.391. The number of nitrogens with zero attached hydrogens (tertiary/aromatic N) is 3. The minimum atomic E-state index is -1.32. The van der Waals surface area contributed by atoms with E-state index < -0.39 is 6.09 Å². The summed E-state index contributed by atoms with van der Waals surface area (Å²) < 4.78 is 2.22. The van der Waals surface area contributed by atoms with Gasteiger partial charge in [0, 0.05) is 23.3 Å². The Kier molecular flexibility index (Phi) is 5.96. The SMILES string of the molecule is Cc1cn(C[C@H]2CC[C@H](C)CC2)c2c(-c3cccc(Cl)c3)nc(C(=N)NC(=O)O)nc12. The number of aromatic nitrogens is 3. The van der Waals surface area contributed by atoms with Gasteiger partial charge in [0.1, 0.15) is 0 Å². The van der Waals surface area contributed by atoms with Crippen LogP contribution in [-0.2, 0) is 6.54 Å². The Labute approximate surface area is 186 Å². The van der Waals surface area contributed by atoms with Gasteiger partial charge in [-0.25, -0.2) is 14.8 Å². The molecule has 4 rings (SSSR count). The van der Waals surface area contributed by atoms with E-state index in [0.29, 0.717) is 16.6 Å². The van der Waals surface area contributed by atoms with E-state index in [1.54, 1.807) is 6.07 Å². The van der Waals surface area contributed by atoms with Gasteiger partial charge < -0.3 is 9.67 Å². The monoisotopic (exact) mass is 439 g/mol. The number of hydrogen-bond acceptors (Lipinski definition) is 4. The highest BCUT2D eigenvalue weighted by atomic mass is 35.5. The molecule has 0 radical (unpaired) electrons. The lowest BCUT2D eigenvalue weighted by Crippen LogP contribution is -2.30. The van der Waals surface area contributed by atoms with E-state index in [4.69, 9.17) is 22.1 Å². The van der Waals surface area contributed by atoms with Crippen LogP contribution in [0, 0.1) is 24.2 Å². The first kappa shape index (κ1) is 21.3. The number of fused-ring (bicyclic) bond motifs is 1. The van der Waals surface area contributed by atoms with Crippen molar-refractivity contribution in [3.05, 3.63) is 46.9 Å². The van der Waals surface area contributed by atoms with Gasteiger partial charge in [-0.05, 0) is 49.3 Å². The molecular weight excluding hydrogens is 414 g/mol. The summed E-state index contributed by atoms with van der Waals surface area (Å²) in [6.07, 6.45) is 5.69. The standard InChI is InChI=1S/C23H26ClN5O2/c1-13-6-8-15(9-7-13)12-29-11-14(2)18-20(29)19(16-4-3-5-17(24)10-16)27-22(26-18)21(25)28-23(30)31/h3-5,10-11,13,15H,6-9,12H2,1-2H3,(H2,25,28)(H,30,31)/t13-,15-. The first-order valence-corrected chi connectivity index (χ1v) is 10.9. The van der Waals surface area contributed by atoms with Crippen molar-refractivity contribution >= 4 is 34.6 Å². The minimum absolute atomic E-state index is 0.0391. The van der Waals surface area contributed by atoms with Gasteiger partial charge in [-0.1, -0.05) is 43.5 Å². The number of rotatable bonds is 4. The second kappa shape index (κ2) is 8.67. The molecule has 8 heteroatoms. The van der Waals surface area contributed by atoms with Crippen molar-refractivity contribution < 1.29 is 9.90 Å². The number of carbonyl (C=O) groups is 1. The summed E-state index contributed by atoms with van der Waals surface area (Å²) in [5, 5.41) is 19.7. The van der Waals surface area contributed by atoms with E-state index in [-0.39, 0.29) is 11.7 Å². The molecule has 1 saturated carbocycles. The van der Waals surface area contributed by atoms with Gasteiger partial charge in [-0.2, -0.15) is 0 Å². The van der Waals surface area contributed by atoms with Crippen molar-refractivity contribution in [2.45, 2.75) is 46.1 Å². The molecule has 2 aromatic heterocycles. The lowest BCUT2D eigenvalue weighted by molar-refractivity contribution is 0.200. The maximum Gasteiger partial charge on any atom is 0.410 e. The Balaban J connectivity index is 1.85. The summed E-state index contributed by atoms with van der Waals surface area (Å²) in [5.74, 6) is 1.08. The number of halogens is 1. The summed E-state index contributed by atoms with van der Waals surface area (Å²) in [4.78, 5) is 20.2. The predicted molar refractivity (Wildman–Crippen MR) is 122 cm³/mol.